The van der Waals surface area contributed by atoms with Crippen LogP contribution in [0.1, 0.15) is 83.1 Å². The smallest absolute Gasteiger partial charge is 0.852 e. The van der Waals surface area contributed by atoms with Gasteiger partial charge >= 0.3 is 52.4 Å². The molecule has 0 saturated carbocycles. The van der Waals surface area contributed by atoms with Crippen LogP contribution in [0.4, 0.5) is 0 Å². The quantitative estimate of drug-likeness (QED) is 0.256. The standard InChI is InChI=1S/6C3H7O.2Bi/c6*1-3(2)4;;/h6*3H,1-2H3;;/q6*-1;2*+3. The maximum atomic E-state index is 9.53. The van der Waals surface area contributed by atoms with Crippen molar-refractivity contribution in [1.29, 1.82) is 0 Å². The molecule has 0 aliphatic carbocycles. The van der Waals surface area contributed by atoms with Gasteiger partial charge in [0.25, 0.3) is 0 Å². The van der Waals surface area contributed by atoms with E-state index in [1.165, 1.54) is 0 Å². The summed E-state index contributed by atoms with van der Waals surface area (Å²) in [5.41, 5.74) is 0. The largest absolute Gasteiger partial charge is 3.00 e. The first-order valence-corrected chi connectivity index (χ1v) is 8.34. The molecule has 6 nitrogen and oxygen atoms in total. The van der Waals surface area contributed by atoms with Crippen LogP contribution in [0.2, 0.25) is 0 Å². The van der Waals surface area contributed by atoms with E-state index in [0.29, 0.717) is 0 Å². The average molecular weight is 772 g/mol. The van der Waals surface area contributed by atoms with Crippen LogP contribution in [0.25, 0.3) is 0 Å². The molecule has 160 valence electrons. The monoisotopic (exact) mass is 772 g/mol. The Morgan fingerprint density at radius 3 is 0.269 bits per heavy atom. The molecule has 26 heavy (non-hydrogen) atoms. The summed E-state index contributed by atoms with van der Waals surface area (Å²) in [5.74, 6) is 0. The van der Waals surface area contributed by atoms with Gasteiger partial charge < -0.3 is 30.6 Å². The molecule has 0 aromatic heterocycles. The Hall–Kier alpha value is 1.53. The van der Waals surface area contributed by atoms with Crippen molar-refractivity contribution in [2.45, 2.75) is 120 Å². The second-order valence-corrected chi connectivity index (χ2v) is 6.29. The molecule has 0 saturated heterocycles. The van der Waals surface area contributed by atoms with E-state index in [2.05, 4.69) is 0 Å². The maximum Gasteiger partial charge on any atom is 3.00 e. The molecule has 0 rings (SSSR count). The molecule has 0 atom stereocenters. The molecule has 0 aromatic carbocycles. The second-order valence-electron chi connectivity index (χ2n) is 6.29. The summed E-state index contributed by atoms with van der Waals surface area (Å²) in [6.45, 7) is 19.3. The number of hydrogen-bond donors (Lipinski definition) is 0. The van der Waals surface area contributed by atoms with Crippen LogP contribution in [-0.2, 0) is 0 Å². The zero-order chi connectivity index (χ0) is 21.5. The maximum absolute atomic E-state index is 9.53. The summed E-state index contributed by atoms with van der Waals surface area (Å²) in [5, 5.41) is 57.2. The van der Waals surface area contributed by atoms with Gasteiger partial charge in [0.2, 0.25) is 0 Å². The molecule has 0 N–H and O–H groups in total. The minimum absolute atomic E-state index is 0. The fourth-order valence-corrected chi connectivity index (χ4v) is 0. The fourth-order valence-electron chi connectivity index (χ4n) is 0. The Morgan fingerprint density at radius 2 is 0.269 bits per heavy atom. The third-order valence-corrected chi connectivity index (χ3v) is 0. The van der Waals surface area contributed by atoms with Gasteiger partial charge in [0.15, 0.2) is 0 Å². The second kappa shape index (κ2) is 45.3. The van der Waals surface area contributed by atoms with Crippen molar-refractivity contribution in [2.24, 2.45) is 0 Å². The molecule has 0 spiro atoms. The molecule has 0 aliphatic rings. The van der Waals surface area contributed by atoms with E-state index in [4.69, 9.17) is 0 Å². The minimum Gasteiger partial charge on any atom is -0.852 e. The first-order chi connectivity index (χ1) is 10.4. The van der Waals surface area contributed by atoms with Gasteiger partial charge in [0.1, 0.15) is 0 Å². The van der Waals surface area contributed by atoms with Gasteiger partial charge in [-0.15, -0.1) is 36.6 Å². The van der Waals surface area contributed by atoms with Crippen molar-refractivity contribution in [3.63, 3.8) is 0 Å². The SMILES string of the molecule is CC(C)[O-].CC(C)[O-].CC(C)[O-].CC(C)[O-].CC(C)[O-].CC(C)[O-].[Bi+3].[Bi+3]. The van der Waals surface area contributed by atoms with Crippen molar-refractivity contribution < 1.29 is 30.6 Å². The van der Waals surface area contributed by atoms with Gasteiger partial charge in [0.05, 0.1) is 0 Å². The Morgan fingerprint density at radius 1 is 0.269 bits per heavy atom. The summed E-state index contributed by atoms with van der Waals surface area (Å²) in [4.78, 5) is 0. The molecule has 0 aliphatic heterocycles. The topological polar surface area (TPSA) is 138 Å². The van der Waals surface area contributed by atoms with E-state index < -0.39 is 36.6 Å². The van der Waals surface area contributed by atoms with Crippen LogP contribution < -0.4 is 30.6 Å². The van der Waals surface area contributed by atoms with Gasteiger partial charge in [0, 0.05) is 0 Å². The summed E-state index contributed by atoms with van der Waals surface area (Å²) in [6.07, 6.45) is -2.50. The first kappa shape index (κ1) is 50.8. The zero-order valence-electron chi connectivity index (χ0n) is 18.8. The Bertz CT molecular complexity index is 105. The predicted octanol–water partition coefficient (Wildman–Crippen LogP) is -2.23. The Labute approximate surface area is 201 Å². The van der Waals surface area contributed by atoms with Gasteiger partial charge in [-0.25, -0.2) is 0 Å². The molecule has 0 fully saturated rings. The Balaban J connectivity index is -0.0000000245. The van der Waals surface area contributed by atoms with E-state index >= 15 is 0 Å². The summed E-state index contributed by atoms with van der Waals surface area (Å²) >= 11 is 0. The van der Waals surface area contributed by atoms with Crippen molar-refractivity contribution in [3.05, 3.63) is 0 Å². The minimum atomic E-state index is -0.417. The summed E-state index contributed by atoms with van der Waals surface area (Å²) < 4.78 is 0. The van der Waals surface area contributed by atoms with Gasteiger partial charge in [-0.05, 0) is 0 Å². The van der Waals surface area contributed by atoms with Crippen molar-refractivity contribution >= 4 is 52.4 Å². The molecule has 4 radical (unpaired) electrons. The molecule has 0 heterocycles. The van der Waals surface area contributed by atoms with E-state index in [-0.39, 0.29) is 52.4 Å². The number of hydrogen-bond acceptors (Lipinski definition) is 6. The fraction of sp³-hybridized carbons (Fsp3) is 1.00. The van der Waals surface area contributed by atoms with Crippen LogP contribution >= 0.6 is 0 Å². The summed E-state index contributed by atoms with van der Waals surface area (Å²) in [6, 6.07) is 0. The Kier molecular flexibility index (Phi) is 88.6. The van der Waals surface area contributed by atoms with Gasteiger partial charge in [-0.1, -0.05) is 83.1 Å². The van der Waals surface area contributed by atoms with Crippen LogP contribution in [-0.4, -0.2) is 89.0 Å². The third-order valence-electron chi connectivity index (χ3n) is 0. The van der Waals surface area contributed by atoms with Crippen LogP contribution in [0.3, 0.4) is 0 Å². The van der Waals surface area contributed by atoms with Crippen LogP contribution in [0.5, 0.6) is 0 Å². The molecule has 0 amide bonds. The third kappa shape index (κ3) is 6590. The van der Waals surface area contributed by atoms with Gasteiger partial charge in [-0.3, -0.25) is 0 Å². The molecule has 0 unspecified atom stereocenters. The normalized spacial score (nSPS) is 8.31. The summed E-state index contributed by atoms with van der Waals surface area (Å²) in [7, 11) is 0. The predicted molar refractivity (Wildman–Crippen MR) is 102 cm³/mol. The zero-order valence-corrected chi connectivity index (χ0v) is 25.8. The molecular weight excluding hydrogens is 730 g/mol. The molecule has 8 heteroatoms. The average Bonchev–Trinajstić information content (AvgIpc) is 2.08. The van der Waals surface area contributed by atoms with E-state index in [1.54, 1.807) is 83.1 Å². The van der Waals surface area contributed by atoms with E-state index in [9.17, 15) is 30.6 Å². The van der Waals surface area contributed by atoms with E-state index in [0.717, 1.165) is 0 Å². The van der Waals surface area contributed by atoms with E-state index in [1.807, 2.05) is 0 Å². The van der Waals surface area contributed by atoms with Crippen LogP contribution in [0.15, 0.2) is 0 Å². The van der Waals surface area contributed by atoms with Crippen LogP contribution in [0, 0.1) is 0 Å². The van der Waals surface area contributed by atoms with Crippen molar-refractivity contribution in [2.75, 3.05) is 0 Å². The van der Waals surface area contributed by atoms with Crippen molar-refractivity contribution in [3.8, 4) is 0 Å². The molecule has 0 aromatic rings. The van der Waals surface area contributed by atoms with Crippen molar-refractivity contribution in [1.82, 2.24) is 0 Å². The first-order valence-electron chi connectivity index (χ1n) is 8.34. The number of rotatable bonds is 0. The van der Waals surface area contributed by atoms with Gasteiger partial charge in [-0.2, -0.15) is 0 Å². The molecule has 0 bridgehead atoms. The molecular formula is C18H42Bi2O6.